The molecule has 0 saturated heterocycles. The summed E-state index contributed by atoms with van der Waals surface area (Å²) in [6.07, 6.45) is 0. The fourth-order valence-electron chi connectivity index (χ4n) is 2.13. The molecule has 1 N–H and O–H groups in total. The second-order valence-corrected chi connectivity index (χ2v) is 7.66. The summed E-state index contributed by atoms with van der Waals surface area (Å²) in [5.41, 5.74) is 2.88. The van der Waals surface area contributed by atoms with Crippen LogP contribution >= 0.6 is 43.2 Å². The number of halogens is 2. The lowest BCUT2D eigenvalue weighted by atomic mass is 10.2. The zero-order valence-electron chi connectivity index (χ0n) is 8.59. The summed E-state index contributed by atoms with van der Waals surface area (Å²) < 4.78 is 2.52. The third kappa shape index (κ3) is 1.96. The van der Waals surface area contributed by atoms with Crippen molar-refractivity contribution in [2.45, 2.75) is 13.1 Å². The Bertz CT molecular complexity index is 429. The highest BCUT2D eigenvalue weighted by molar-refractivity contribution is 9.12. The molecule has 0 saturated carbocycles. The largest absolute Gasteiger partial charge is 0.371 e. The van der Waals surface area contributed by atoms with Gasteiger partial charge in [-0.2, -0.15) is 0 Å². The summed E-state index contributed by atoms with van der Waals surface area (Å²) in [6.45, 7) is 4.92. The van der Waals surface area contributed by atoms with E-state index in [-0.39, 0.29) is 0 Å². The van der Waals surface area contributed by atoms with E-state index in [4.69, 9.17) is 0 Å². The minimum atomic E-state index is 0.928. The Morgan fingerprint density at radius 2 is 1.94 bits per heavy atom. The normalized spacial score (nSPS) is 19.8. The van der Waals surface area contributed by atoms with Gasteiger partial charge in [-0.25, -0.2) is 0 Å². The lowest BCUT2D eigenvalue weighted by Gasteiger charge is -2.15. The molecule has 0 atom stereocenters. The molecule has 2 aliphatic rings. The second kappa shape index (κ2) is 4.40. The number of hydrogen-bond donors (Lipinski definition) is 1. The highest BCUT2D eigenvalue weighted by Gasteiger charge is 2.26. The smallest absolute Gasteiger partial charge is 0.111 e. The van der Waals surface area contributed by atoms with Crippen molar-refractivity contribution in [2.24, 2.45) is 4.99 Å². The molecular formula is C10H11Br2N3S. The molecule has 1 aromatic heterocycles. The summed E-state index contributed by atoms with van der Waals surface area (Å²) >= 11 is 9.03. The molecule has 0 unspecified atom stereocenters. The number of rotatable bonds is 2. The number of aliphatic imine (C=N–C) groups is 1. The van der Waals surface area contributed by atoms with Crippen molar-refractivity contribution < 1.29 is 0 Å². The van der Waals surface area contributed by atoms with Gasteiger partial charge in [-0.15, -0.1) is 11.3 Å². The van der Waals surface area contributed by atoms with Gasteiger partial charge in [0.1, 0.15) is 5.84 Å². The van der Waals surface area contributed by atoms with Crippen molar-refractivity contribution in [1.82, 2.24) is 10.2 Å². The number of amidine groups is 1. The highest BCUT2D eigenvalue weighted by atomic mass is 79.9. The van der Waals surface area contributed by atoms with E-state index >= 15 is 0 Å². The van der Waals surface area contributed by atoms with Gasteiger partial charge in [-0.05, 0) is 43.0 Å². The molecule has 0 aromatic carbocycles. The zero-order valence-corrected chi connectivity index (χ0v) is 12.6. The number of hydrogen-bond acceptors (Lipinski definition) is 4. The average Bonchev–Trinajstić information content (AvgIpc) is 2.90. The molecule has 0 fully saturated rings. The van der Waals surface area contributed by atoms with E-state index < -0.39 is 0 Å². The third-order valence-electron chi connectivity index (χ3n) is 2.90. The quantitative estimate of drug-likeness (QED) is 0.873. The first-order valence-electron chi connectivity index (χ1n) is 5.19. The van der Waals surface area contributed by atoms with Gasteiger partial charge in [0.2, 0.25) is 0 Å². The van der Waals surface area contributed by atoms with Crippen LogP contribution in [-0.4, -0.2) is 30.4 Å². The van der Waals surface area contributed by atoms with Crippen molar-refractivity contribution in [3.8, 4) is 0 Å². The minimum absolute atomic E-state index is 0.928. The predicted molar refractivity (Wildman–Crippen MR) is 74.1 cm³/mol. The van der Waals surface area contributed by atoms with E-state index in [0.717, 1.165) is 38.6 Å². The molecule has 3 heterocycles. The maximum atomic E-state index is 4.43. The van der Waals surface area contributed by atoms with Gasteiger partial charge in [0, 0.05) is 19.6 Å². The Morgan fingerprint density at radius 1 is 1.25 bits per heavy atom. The molecule has 3 rings (SSSR count). The van der Waals surface area contributed by atoms with E-state index in [1.54, 1.807) is 11.3 Å². The standard InChI is InChI=1S/C10H11Br2N3S/c11-9-6-3-15(4-7(6)10(12)16-9)5-8-13-1-2-14-8/h1-5H2,(H,13,14). The molecule has 16 heavy (non-hydrogen) atoms. The van der Waals surface area contributed by atoms with Crippen LogP contribution in [0.25, 0.3) is 0 Å². The Morgan fingerprint density at radius 3 is 2.50 bits per heavy atom. The number of nitrogens with zero attached hydrogens (tertiary/aromatic N) is 2. The maximum Gasteiger partial charge on any atom is 0.111 e. The Kier molecular flexibility index (Phi) is 3.08. The maximum absolute atomic E-state index is 4.43. The molecule has 0 aliphatic carbocycles. The van der Waals surface area contributed by atoms with Crippen LogP contribution in [0.3, 0.4) is 0 Å². The van der Waals surface area contributed by atoms with Gasteiger partial charge in [-0.3, -0.25) is 9.89 Å². The summed E-state index contributed by atoms with van der Waals surface area (Å²) in [5, 5.41) is 3.32. The van der Waals surface area contributed by atoms with Crippen molar-refractivity contribution in [3.05, 3.63) is 18.7 Å². The molecule has 2 aliphatic heterocycles. The van der Waals surface area contributed by atoms with E-state index in [2.05, 4.69) is 47.1 Å². The lowest BCUT2D eigenvalue weighted by molar-refractivity contribution is 0.324. The second-order valence-electron chi connectivity index (χ2n) is 4.01. The van der Waals surface area contributed by atoms with Crippen LogP contribution in [0, 0.1) is 0 Å². The molecule has 86 valence electrons. The topological polar surface area (TPSA) is 27.6 Å². The van der Waals surface area contributed by atoms with Crippen LogP contribution in [0.5, 0.6) is 0 Å². The summed E-state index contributed by atoms with van der Waals surface area (Å²) in [4.78, 5) is 6.85. The van der Waals surface area contributed by atoms with Crippen molar-refractivity contribution >= 4 is 49.0 Å². The van der Waals surface area contributed by atoms with Crippen LogP contribution in [-0.2, 0) is 13.1 Å². The van der Waals surface area contributed by atoms with E-state index in [9.17, 15) is 0 Å². The van der Waals surface area contributed by atoms with Crippen LogP contribution in [0.4, 0.5) is 0 Å². The Hall–Kier alpha value is 0.0900. The average molecular weight is 365 g/mol. The fraction of sp³-hybridized carbons (Fsp3) is 0.500. The molecule has 0 spiro atoms. The molecular weight excluding hydrogens is 354 g/mol. The lowest BCUT2D eigenvalue weighted by Crippen LogP contribution is -2.32. The molecule has 0 radical (unpaired) electrons. The summed E-state index contributed by atoms with van der Waals surface area (Å²) in [5.74, 6) is 1.14. The zero-order chi connectivity index (χ0) is 11.1. The first-order chi connectivity index (χ1) is 7.74. The highest BCUT2D eigenvalue weighted by Crippen LogP contribution is 2.41. The summed E-state index contributed by atoms with van der Waals surface area (Å²) in [7, 11) is 0. The van der Waals surface area contributed by atoms with E-state index in [1.807, 2.05) is 0 Å². The monoisotopic (exact) mass is 363 g/mol. The van der Waals surface area contributed by atoms with Gasteiger partial charge in [0.25, 0.3) is 0 Å². The molecule has 3 nitrogen and oxygen atoms in total. The SMILES string of the molecule is Brc1sc(Br)c2c1CN(CC1=NCCN1)C2. The van der Waals surface area contributed by atoms with Gasteiger partial charge >= 0.3 is 0 Å². The van der Waals surface area contributed by atoms with Gasteiger partial charge in [0.15, 0.2) is 0 Å². The van der Waals surface area contributed by atoms with Crippen LogP contribution in [0.15, 0.2) is 12.6 Å². The van der Waals surface area contributed by atoms with Crippen LogP contribution in [0.1, 0.15) is 11.1 Å². The van der Waals surface area contributed by atoms with E-state index in [1.165, 1.54) is 18.7 Å². The minimum Gasteiger partial charge on any atom is -0.371 e. The third-order valence-corrected chi connectivity index (χ3v) is 5.68. The Labute approximate surface area is 115 Å². The first-order valence-corrected chi connectivity index (χ1v) is 7.59. The predicted octanol–water partition coefficient (Wildman–Crippen LogP) is 2.59. The summed E-state index contributed by atoms with van der Waals surface area (Å²) in [6, 6.07) is 0. The number of fused-ring (bicyclic) bond motifs is 1. The van der Waals surface area contributed by atoms with Gasteiger partial charge in [-0.1, -0.05) is 0 Å². The molecule has 0 bridgehead atoms. The number of nitrogens with one attached hydrogen (secondary N) is 1. The van der Waals surface area contributed by atoms with Gasteiger partial charge < -0.3 is 5.32 Å². The molecule has 1 aromatic rings. The van der Waals surface area contributed by atoms with Crippen LogP contribution in [0.2, 0.25) is 0 Å². The molecule has 6 heteroatoms. The van der Waals surface area contributed by atoms with E-state index in [0.29, 0.717) is 0 Å². The molecule has 0 amide bonds. The van der Waals surface area contributed by atoms with Crippen molar-refractivity contribution in [2.75, 3.05) is 19.6 Å². The fourth-order valence-corrected chi connectivity index (χ4v) is 5.27. The first kappa shape index (κ1) is 11.2. The Balaban J connectivity index is 1.73. The van der Waals surface area contributed by atoms with Crippen LogP contribution < -0.4 is 5.32 Å². The van der Waals surface area contributed by atoms with Crippen molar-refractivity contribution in [3.63, 3.8) is 0 Å². The van der Waals surface area contributed by atoms with Gasteiger partial charge in [0.05, 0.1) is 20.7 Å². The van der Waals surface area contributed by atoms with Crippen molar-refractivity contribution in [1.29, 1.82) is 0 Å². The number of thiophene rings is 1.